The Bertz CT molecular complexity index is 389. The van der Waals surface area contributed by atoms with E-state index in [2.05, 4.69) is 24.5 Å². The van der Waals surface area contributed by atoms with Gasteiger partial charge in [0, 0.05) is 11.7 Å². The third-order valence-corrected chi connectivity index (χ3v) is 2.29. The van der Waals surface area contributed by atoms with E-state index in [4.69, 9.17) is 4.42 Å². The van der Waals surface area contributed by atoms with E-state index < -0.39 is 0 Å². The summed E-state index contributed by atoms with van der Waals surface area (Å²) in [7, 11) is 0. The van der Waals surface area contributed by atoms with E-state index in [1.165, 1.54) is 0 Å². The molecule has 0 amide bonds. The summed E-state index contributed by atoms with van der Waals surface area (Å²) < 4.78 is 5.55. The Morgan fingerprint density at radius 2 is 2.21 bits per heavy atom. The number of hydrogen-bond donors (Lipinski definition) is 1. The van der Waals surface area contributed by atoms with Crippen LogP contribution in [0.1, 0.15) is 12.3 Å². The van der Waals surface area contributed by atoms with E-state index in [9.17, 15) is 0 Å². The van der Waals surface area contributed by atoms with Crippen molar-refractivity contribution in [2.45, 2.75) is 18.1 Å². The van der Waals surface area contributed by atoms with Crippen LogP contribution in [0.5, 0.6) is 0 Å². The molecule has 2 nitrogen and oxygen atoms in total. The number of oxazole rings is 1. The first-order valence-electron chi connectivity index (χ1n) is 4.61. The van der Waals surface area contributed by atoms with Crippen LogP contribution in [0.25, 0.3) is 11.1 Å². The molecule has 0 saturated carbocycles. The van der Waals surface area contributed by atoms with Crippen LogP contribution in [0.2, 0.25) is 0 Å². The van der Waals surface area contributed by atoms with Crippen molar-refractivity contribution in [3.05, 3.63) is 37.1 Å². The minimum Gasteiger partial charge on any atom is -0.441 e. The Morgan fingerprint density at radius 1 is 1.43 bits per heavy atom. The van der Waals surface area contributed by atoms with E-state index in [1.807, 2.05) is 24.3 Å². The summed E-state index contributed by atoms with van der Waals surface area (Å²) in [6, 6.07) is 7.77. The van der Waals surface area contributed by atoms with E-state index in [-0.39, 0.29) is 5.25 Å². The number of thiol groups is 1. The Kier molecular flexibility index (Phi) is 2.77. The molecule has 0 aliphatic carbocycles. The monoisotopic (exact) mass is 206 g/mol. The van der Waals surface area contributed by atoms with Crippen molar-refractivity contribution in [3.8, 4) is 0 Å². The Morgan fingerprint density at radius 3 is 2.93 bits per heavy atom. The van der Waals surface area contributed by atoms with Gasteiger partial charge in [0.05, 0.1) is 0 Å². The molecule has 0 aliphatic rings. The van der Waals surface area contributed by atoms with Crippen molar-refractivity contribution in [2.75, 3.05) is 0 Å². The fourth-order valence-corrected chi connectivity index (χ4v) is 1.45. The highest BCUT2D eigenvalue weighted by atomic mass is 32.1. The highest BCUT2D eigenvalue weighted by Gasteiger charge is 2.05. The molecule has 0 bridgehead atoms. The van der Waals surface area contributed by atoms with Crippen molar-refractivity contribution in [1.29, 1.82) is 0 Å². The van der Waals surface area contributed by atoms with Gasteiger partial charge in [-0.3, -0.25) is 0 Å². The number of para-hydroxylation sites is 2. The van der Waals surface area contributed by atoms with Gasteiger partial charge in [-0.15, -0.1) is 0 Å². The molecule has 1 atom stereocenters. The number of rotatable bonds is 3. The third kappa shape index (κ3) is 2.10. The Hall–Kier alpha value is -0.960. The number of benzene rings is 1. The van der Waals surface area contributed by atoms with Crippen molar-refractivity contribution in [3.63, 3.8) is 0 Å². The van der Waals surface area contributed by atoms with Gasteiger partial charge in [-0.25, -0.2) is 4.98 Å². The topological polar surface area (TPSA) is 26.0 Å². The van der Waals surface area contributed by atoms with Gasteiger partial charge in [-0.2, -0.15) is 12.6 Å². The largest absolute Gasteiger partial charge is 0.441 e. The quantitative estimate of drug-likeness (QED) is 0.781. The fourth-order valence-electron chi connectivity index (χ4n) is 1.32. The zero-order chi connectivity index (χ0) is 9.97. The molecule has 2 rings (SSSR count). The normalized spacial score (nSPS) is 13.3. The molecule has 0 aliphatic heterocycles. The van der Waals surface area contributed by atoms with E-state index in [1.54, 1.807) is 0 Å². The van der Waals surface area contributed by atoms with Crippen LogP contribution in [0, 0.1) is 6.92 Å². The summed E-state index contributed by atoms with van der Waals surface area (Å²) in [5.41, 5.74) is 1.77. The minimum atomic E-state index is 0.144. The van der Waals surface area contributed by atoms with Gasteiger partial charge in [0.2, 0.25) is 0 Å². The second kappa shape index (κ2) is 4.05. The fraction of sp³-hybridized carbons (Fsp3) is 0.273. The first-order chi connectivity index (χ1) is 6.75. The Labute approximate surface area is 88.7 Å². The number of hydrogen-bond acceptors (Lipinski definition) is 3. The lowest BCUT2D eigenvalue weighted by molar-refractivity contribution is 0.522. The zero-order valence-corrected chi connectivity index (χ0v) is 8.71. The molecule has 2 aromatic rings. The minimum absolute atomic E-state index is 0.144. The summed E-state index contributed by atoms with van der Waals surface area (Å²) in [5.74, 6) is 0.772. The smallest absolute Gasteiger partial charge is 0.195 e. The maximum absolute atomic E-state index is 5.55. The molecule has 3 heteroatoms. The molecular formula is C11H12NOS. The average Bonchev–Trinajstić information content (AvgIpc) is 2.57. The van der Waals surface area contributed by atoms with Crippen LogP contribution in [-0.4, -0.2) is 10.2 Å². The van der Waals surface area contributed by atoms with E-state index in [0.717, 1.165) is 29.8 Å². The molecule has 1 aromatic carbocycles. The second-order valence-corrected chi connectivity index (χ2v) is 4.00. The third-order valence-electron chi connectivity index (χ3n) is 2.03. The van der Waals surface area contributed by atoms with E-state index >= 15 is 0 Å². The zero-order valence-electron chi connectivity index (χ0n) is 7.81. The second-order valence-electron chi connectivity index (χ2n) is 3.27. The molecule has 1 heterocycles. The van der Waals surface area contributed by atoms with Crippen LogP contribution in [0.3, 0.4) is 0 Å². The standard InChI is InChI=1S/C11H12NOS/c1-8(14)6-7-11-12-9-4-2-3-5-10(9)13-11/h2-5,8,14H,1,6-7H2. The van der Waals surface area contributed by atoms with Gasteiger partial charge in [-0.05, 0) is 25.5 Å². The Balaban J connectivity index is 2.19. The van der Waals surface area contributed by atoms with E-state index in [0.29, 0.717) is 0 Å². The highest BCUT2D eigenvalue weighted by molar-refractivity contribution is 7.81. The van der Waals surface area contributed by atoms with Gasteiger partial charge < -0.3 is 4.42 Å². The lowest BCUT2D eigenvalue weighted by Crippen LogP contribution is -1.94. The lowest BCUT2D eigenvalue weighted by atomic mass is 10.2. The van der Waals surface area contributed by atoms with Crippen molar-refractivity contribution >= 4 is 23.7 Å². The molecule has 1 unspecified atom stereocenters. The van der Waals surface area contributed by atoms with Crippen molar-refractivity contribution < 1.29 is 4.42 Å². The molecule has 0 fully saturated rings. The van der Waals surface area contributed by atoms with Gasteiger partial charge in [0.1, 0.15) is 5.52 Å². The lowest BCUT2D eigenvalue weighted by Gasteiger charge is -1.98. The molecule has 73 valence electrons. The number of aryl methyl sites for hydroxylation is 1. The van der Waals surface area contributed by atoms with Crippen LogP contribution in [-0.2, 0) is 6.42 Å². The molecule has 14 heavy (non-hydrogen) atoms. The summed E-state index contributed by atoms with van der Waals surface area (Å²) in [6.45, 7) is 3.80. The van der Waals surface area contributed by atoms with Crippen LogP contribution in [0.4, 0.5) is 0 Å². The summed E-state index contributed by atoms with van der Waals surface area (Å²) >= 11 is 4.21. The number of aromatic nitrogens is 1. The van der Waals surface area contributed by atoms with Gasteiger partial charge in [-0.1, -0.05) is 12.1 Å². The average molecular weight is 206 g/mol. The summed E-state index contributed by atoms with van der Waals surface area (Å²) in [4.78, 5) is 4.36. The first-order valence-corrected chi connectivity index (χ1v) is 5.13. The first kappa shape index (κ1) is 9.59. The summed E-state index contributed by atoms with van der Waals surface area (Å²) in [6.07, 6.45) is 1.68. The van der Waals surface area contributed by atoms with Crippen molar-refractivity contribution in [1.82, 2.24) is 4.98 Å². The number of fused-ring (bicyclic) bond motifs is 1. The van der Waals surface area contributed by atoms with Crippen LogP contribution >= 0.6 is 12.6 Å². The van der Waals surface area contributed by atoms with Gasteiger partial charge >= 0.3 is 0 Å². The predicted molar refractivity (Wildman–Crippen MR) is 60.5 cm³/mol. The molecule has 1 aromatic heterocycles. The summed E-state index contributed by atoms with van der Waals surface area (Å²) in [5, 5.41) is 0.144. The molecule has 0 saturated heterocycles. The van der Waals surface area contributed by atoms with Gasteiger partial charge in [0.15, 0.2) is 11.5 Å². The highest BCUT2D eigenvalue weighted by Crippen LogP contribution is 2.16. The van der Waals surface area contributed by atoms with Crippen molar-refractivity contribution in [2.24, 2.45) is 0 Å². The SMILES string of the molecule is [CH2]C(S)CCc1nc2ccccc2o1. The maximum Gasteiger partial charge on any atom is 0.195 e. The molecular weight excluding hydrogens is 194 g/mol. The maximum atomic E-state index is 5.55. The molecule has 0 N–H and O–H groups in total. The number of nitrogens with zero attached hydrogens (tertiary/aromatic N) is 1. The van der Waals surface area contributed by atoms with Crippen LogP contribution in [0.15, 0.2) is 28.7 Å². The molecule has 0 spiro atoms. The van der Waals surface area contributed by atoms with Crippen LogP contribution < -0.4 is 0 Å². The predicted octanol–water partition coefficient (Wildman–Crippen LogP) is 2.89. The molecule has 1 radical (unpaired) electrons. The van der Waals surface area contributed by atoms with Gasteiger partial charge in [0.25, 0.3) is 0 Å².